The van der Waals surface area contributed by atoms with Gasteiger partial charge in [-0.15, -0.1) is 0 Å². The predicted octanol–water partition coefficient (Wildman–Crippen LogP) is 1.42. The van der Waals surface area contributed by atoms with Crippen LogP contribution in [0, 0.1) is 0 Å². The summed E-state index contributed by atoms with van der Waals surface area (Å²) in [5.41, 5.74) is 3.72. The lowest BCUT2D eigenvalue weighted by atomic mass is 10.1. The van der Waals surface area contributed by atoms with Gasteiger partial charge in [-0.25, -0.2) is 0 Å². The molecule has 1 aromatic rings. The van der Waals surface area contributed by atoms with E-state index in [-0.39, 0.29) is 13.0 Å². The van der Waals surface area contributed by atoms with Crippen LogP contribution in [0.2, 0.25) is 0 Å². The second-order valence-electron chi connectivity index (χ2n) is 4.47. The van der Waals surface area contributed by atoms with E-state index in [4.69, 9.17) is 5.11 Å². The molecule has 3 N–H and O–H groups in total. The second-order valence-corrected chi connectivity index (χ2v) is 4.47. The lowest BCUT2D eigenvalue weighted by Gasteiger charge is -2.11. The van der Waals surface area contributed by atoms with Crippen molar-refractivity contribution in [2.75, 3.05) is 11.9 Å². The molecule has 1 aliphatic rings. The number of carboxylic acid groups (broad SMARTS) is 1. The van der Waals surface area contributed by atoms with E-state index in [2.05, 4.69) is 17.4 Å². The smallest absolute Gasteiger partial charge is 0.306 e. The largest absolute Gasteiger partial charge is 0.481 e. The maximum atomic E-state index is 10.4. The van der Waals surface area contributed by atoms with Gasteiger partial charge >= 0.3 is 5.97 Å². The third-order valence-corrected chi connectivity index (χ3v) is 3.05. The van der Waals surface area contributed by atoms with Gasteiger partial charge in [0, 0.05) is 12.2 Å². The number of aliphatic hydroxyl groups excluding tert-OH is 1. The molecule has 0 bridgehead atoms. The average Bonchev–Trinajstić information content (AvgIpc) is 2.72. The van der Waals surface area contributed by atoms with Crippen molar-refractivity contribution < 1.29 is 15.0 Å². The molecule has 4 nitrogen and oxygen atoms in total. The van der Waals surface area contributed by atoms with Gasteiger partial charge in [0.2, 0.25) is 0 Å². The molecule has 0 spiro atoms. The van der Waals surface area contributed by atoms with Crippen LogP contribution in [-0.2, 0) is 17.6 Å². The van der Waals surface area contributed by atoms with Crippen molar-refractivity contribution in [3.05, 3.63) is 29.3 Å². The molecule has 1 aromatic carbocycles. The molecule has 0 heterocycles. The van der Waals surface area contributed by atoms with Crippen LogP contribution in [-0.4, -0.2) is 28.8 Å². The zero-order chi connectivity index (χ0) is 12.3. The lowest BCUT2D eigenvalue weighted by molar-refractivity contribution is -0.138. The Morgan fingerprint density at radius 1 is 1.35 bits per heavy atom. The van der Waals surface area contributed by atoms with Gasteiger partial charge in [0.05, 0.1) is 12.5 Å². The number of aryl methyl sites for hydroxylation is 2. The maximum absolute atomic E-state index is 10.4. The summed E-state index contributed by atoms with van der Waals surface area (Å²) in [6.07, 6.45) is 2.40. The minimum absolute atomic E-state index is 0.224. The van der Waals surface area contributed by atoms with Gasteiger partial charge in [0.25, 0.3) is 0 Å². The van der Waals surface area contributed by atoms with Crippen molar-refractivity contribution in [2.45, 2.75) is 31.8 Å². The fourth-order valence-corrected chi connectivity index (χ4v) is 2.19. The van der Waals surface area contributed by atoms with Gasteiger partial charge in [-0.05, 0) is 42.5 Å². The fourth-order valence-electron chi connectivity index (χ4n) is 2.19. The van der Waals surface area contributed by atoms with Crippen LogP contribution in [0.1, 0.15) is 24.0 Å². The summed E-state index contributed by atoms with van der Waals surface area (Å²) in [5, 5.41) is 21.0. The number of anilines is 1. The first-order chi connectivity index (χ1) is 8.15. The molecule has 1 unspecified atom stereocenters. The lowest BCUT2D eigenvalue weighted by Crippen LogP contribution is -2.22. The molecule has 0 aromatic heterocycles. The highest BCUT2D eigenvalue weighted by atomic mass is 16.4. The summed E-state index contributed by atoms with van der Waals surface area (Å²) >= 11 is 0. The first kappa shape index (κ1) is 11.9. The molecule has 0 amide bonds. The van der Waals surface area contributed by atoms with Crippen LogP contribution in [0.4, 0.5) is 5.69 Å². The third-order valence-electron chi connectivity index (χ3n) is 3.05. The molecule has 17 heavy (non-hydrogen) atoms. The van der Waals surface area contributed by atoms with E-state index in [9.17, 15) is 9.90 Å². The van der Waals surface area contributed by atoms with E-state index < -0.39 is 12.1 Å². The van der Waals surface area contributed by atoms with E-state index in [1.165, 1.54) is 17.5 Å². The number of aliphatic hydroxyl groups is 1. The highest BCUT2D eigenvalue weighted by Gasteiger charge is 2.12. The maximum Gasteiger partial charge on any atom is 0.306 e. The van der Waals surface area contributed by atoms with Crippen molar-refractivity contribution in [1.82, 2.24) is 0 Å². The molecule has 0 fully saturated rings. The van der Waals surface area contributed by atoms with Crippen LogP contribution in [0.3, 0.4) is 0 Å². The molecule has 2 rings (SSSR count). The average molecular weight is 235 g/mol. The summed E-state index contributed by atoms with van der Waals surface area (Å²) in [4.78, 5) is 10.4. The van der Waals surface area contributed by atoms with Crippen LogP contribution in [0.25, 0.3) is 0 Å². The Labute approximate surface area is 100 Å². The molecule has 0 radical (unpaired) electrons. The molecule has 1 aliphatic carbocycles. The molecular weight excluding hydrogens is 218 g/mol. The minimum Gasteiger partial charge on any atom is -0.481 e. The number of aliphatic carboxylic acids is 1. The number of nitrogens with one attached hydrogen (secondary N) is 1. The molecule has 4 heteroatoms. The van der Waals surface area contributed by atoms with E-state index in [1.54, 1.807) is 0 Å². The van der Waals surface area contributed by atoms with Crippen LogP contribution in [0.5, 0.6) is 0 Å². The highest BCUT2D eigenvalue weighted by molar-refractivity contribution is 5.67. The Morgan fingerprint density at radius 2 is 2.12 bits per heavy atom. The van der Waals surface area contributed by atoms with Crippen molar-refractivity contribution in [3.63, 3.8) is 0 Å². The Morgan fingerprint density at radius 3 is 2.88 bits per heavy atom. The van der Waals surface area contributed by atoms with Gasteiger partial charge in [-0.1, -0.05) is 6.07 Å². The first-order valence-corrected chi connectivity index (χ1v) is 5.90. The summed E-state index contributed by atoms with van der Waals surface area (Å²) in [6, 6.07) is 6.18. The number of rotatable bonds is 5. The Bertz CT molecular complexity index is 417. The van der Waals surface area contributed by atoms with Gasteiger partial charge < -0.3 is 15.5 Å². The number of fused-ring (bicyclic) bond motifs is 1. The van der Waals surface area contributed by atoms with Gasteiger partial charge in [0.15, 0.2) is 0 Å². The third kappa shape index (κ3) is 3.20. The zero-order valence-electron chi connectivity index (χ0n) is 9.65. The molecule has 1 atom stereocenters. The molecule has 0 saturated heterocycles. The minimum atomic E-state index is -0.978. The van der Waals surface area contributed by atoms with Crippen LogP contribution >= 0.6 is 0 Å². The summed E-state index contributed by atoms with van der Waals surface area (Å²) in [5.74, 6) is -0.978. The number of carboxylic acids is 1. The SMILES string of the molecule is O=C(O)CC(O)CNc1ccc2c(c1)CCC2. The van der Waals surface area contributed by atoms with Crippen molar-refractivity contribution in [3.8, 4) is 0 Å². The zero-order valence-corrected chi connectivity index (χ0v) is 9.65. The van der Waals surface area contributed by atoms with Gasteiger partial charge in [0.1, 0.15) is 0 Å². The Balaban J connectivity index is 1.89. The topological polar surface area (TPSA) is 69.6 Å². The summed E-state index contributed by atoms with van der Waals surface area (Å²) < 4.78 is 0. The van der Waals surface area contributed by atoms with Crippen LogP contribution < -0.4 is 5.32 Å². The molecule has 92 valence electrons. The number of benzene rings is 1. The fraction of sp³-hybridized carbons (Fsp3) is 0.462. The summed E-state index contributed by atoms with van der Waals surface area (Å²) in [7, 11) is 0. The number of hydrogen-bond donors (Lipinski definition) is 3. The number of carbonyl (C=O) groups is 1. The van der Waals surface area contributed by atoms with Gasteiger partial charge in [-0.2, -0.15) is 0 Å². The monoisotopic (exact) mass is 235 g/mol. The summed E-state index contributed by atoms with van der Waals surface area (Å²) in [6.45, 7) is 0.269. The standard InChI is InChI=1S/C13H17NO3/c15-12(7-13(16)17)8-14-11-5-4-9-2-1-3-10(9)6-11/h4-6,12,14-15H,1-3,7-8H2,(H,16,17). The normalized spacial score (nSPS) is 15.4. The van der Waals surface area contributed by atoms with Crippen LogP contribution in [0.15, 0.2) is 18.2 Å². The highest BCUT2D eigenvalue weighted by Crippen LogP contribution is 2.24. The van der Waals surface area contributed by atoms with E-state index in [0.29, 0.717) is 0 Å². The van der Waals surface area contributed by atoms with E-state index >= 15 is 0 Å². The Kier molecular flexibility index (Phi) is 3.64. The Hall–Kier alpha value is -1.55. The van der Waals surface area contributed by atoms with E-state index in [1.807, 2.05) is 6.07 Å². The van der Waals surface area contributed by atoms with Crippen molar-refractivity contribution >= 4 is 11.7 Å². The second kappa shape index (κ2) is 5.19. The van der Waals surface area contributed by atoms with Crippen molar-refractivity contribution in [1.29, 1.82) is 0 Å². The van der Waals surface area contributed by atoms with E-state index in [0.717, 1.165) is 18.5 Å². The quantitative estimate of drug-likeness (QED) is 0.722. The first-order valence-electron chi connectivity index (χ1n) is 5.90. The predicted molar refractivity (Wildman–Crippen MR) is 65.2 cm³/mol. The molecule has 0 aliphatic heterocycles. The molecule has 0 saturated carbocycles. The van der Waals surface area contributed by atoms with Crippen molar-refractivity contribution in [2.24, 2.45) is 0 Å². The number of hydrogen-bond acceptors (Lipinski definition) is 3. The van der Waals surface area contributed by atoms with Gasteiger partial charge in [-0.3, -0.25) is 4.79 Å². The molecular formula is C13H17NO3.